The van der Waals surface area contributed by atoms with Gasteiger partial charge in [-0.25, -0.2) is 0 Å². The van der Waals surface area contributed by atoms with Crippen LogP contribution in [0, 0.1) is 27.7 Å². The first-order valence-corrected chi connectivity index (χ1v) is 11.8. The van der Waals surface area contributed by atoms with Crippen molar-refractivity contribution >= 4 is 69.8 Å². The Kier molecular flexibility index (Phi) is 6.63. The number of hydrogen-bond acceptors (Lipinski definition) is 3. The summed E-state index contributed by atoms with van der Waals surface area (Å²) in [4.78, 5) is 30.2. The molecule has 1 aliphatic heterocycles. The SMILES string of the molecule is Cc1ccc(N2C(=O)C(=Cc3cccc(Cl)c3Cl)C(=O)N(c3ccc(C)c(C)c3)C2=S)cc1C. The second-order valence-corrected chi connectivity index (χ2v) is 9.45. The van der Waals surface area contributed by atoms with E-state index in [2.05, 4.69) is 0 Å². The second kappa shape index (κ2) is 9.34. The number of anilines is 2. The van der Waals surface area contributed by atoms with Crippen LogP contribution in [0.5, 0.6) is 0 Å². The minimum atomic E-state index is -0.519. The molecule has 0 N–H and O–H groups in total. The van der Waals surface area contributed by atoms with Gasteiger partial charge < -0.3 is 0 Å². The maximum Gasteiger partial charge on any atom is 0.270 e. The van der Waals surface area contributed by atoms with E-state index < -0.39 is 11.8 Å². The quantitative estimate of drug-likeness (QED) is 0.217. The van der Waals surface area contributed by atoms with Gasteiger partial charge in [0, 0.05) is 0 Å². The number of thiocarbonyl (C=S) groups is 1. The maximum atomic E-state index is 13.7. The third-order valence-corrected chi connectivity index (χ3v) is 7.23. The zero-order valence-electron chi connectivity index (χ0n) is 19.1. The zero-order chi connectivity index (χ0) is 24.7. The first-order valence-electron chi connectivity index (χ1n) is 10.6. The van der Waals surface area contributed by atoms with E-state index in [1.54, 1.807) is 18.2 Å². The molecule has 1 aliphatic rings. The van der Waals surface area contributed by atoms with E-state index in [4.69, 9.17) is 35.4 Å². The topological polar surface area (TPSA) is 40.6 Å². The summed E-state index contributed by atoms with van der Waals surface area (Å²) in [6.07, 6.45) is 1.47. The molecule has 0 radical (unpaired) electrons. The summed E-state index contributed by atoms with van der Waals surface area (Å²) >= 11 is 18.3. The summed E-state index contributed by atoms with van der Waals surface area (Å²) in [6.45, 7) is 7.91. The Morgan fingerprint density at radius 2 is 1.24 bits per heavy atom. The van der Waals surface area contributed by atoms with Crippen molar-refractivity contribution in [3.05, 3.63) is 98.0 Å². The largest absolute Gasteiger partial charge is 0.270 e. The summed E-state index contributed by atoms with van der Waals surface area (Å²) in [5.41, 5.74) is 5.76. The summed E-state index contributed by atoms with van der Waals surface area (Å²) in [5, 5.41) is 0.691. The number of aryl methyl sites for hydroxylation is 4. The van der Waals surface area contributed by atoms with Gasteiger partial charge in [-0.2, -0.15) is 0 Å². The Morgan fingerprint density at radius 3 is 1.71 bits per heavy atom. The molecule has 1 heterocycles. The fourth-order valence-electron chi connectivity index (χ4n) is 3.70. The fourth-order valence-corrected chi connectivity index (χ4v) is 4.44. The third kappa shape index (κ3) is 4.27. The summed E-state index contributed by atoms with van der Waals surface area (Å²) in [6, 6.07) is 16.3. The monoisotopic (exact) mass is 508 g/mol. The molecule has 0 saturated carbocycles. The van der Waals surface area contributed by atoms with Gasteiger partial charge in [-0.05, 0) is 104 Å². The van der Waals surface area contributed by atoms with Gasteiger partial charge in [-0.15, -0.1) is 0 Å². The van der Waals surface area contributed by atoms with Crippen LogP contribution in [0.1, 0.15) is 27.8 Å². The van der Waals surface area contributed by atoms with Crippen LogP contribution in [-0.4, -0.2) is 16.9 Å². The highest BCUT2D eigenvalue weighted by atomic mass is 35.5. The lowest BCUT2D eigenvalue weighted by molar-refractivity contribution is -0.120. The van der Waals surface area contributed by atoms with E-state index >= 15 is 0 Å². The van der Waals surface area contributed by atoms with Crippen LogP contribution in [0.15, 0.2) is 60.2 Å². The van der Waals surface area contributed by atoms with Crippen molar-refractivity contribution < 1.29 is 9.59 Å². The smallest absolute Gasteiger partial charge is 0.268 e. The van der Waals surface area contributed by atoms with Crippen LogP contribution in [0.25, 0.3) is 6.08 Å². The highest BCUT2D eigenvalue weighted by molar-refractivity contribution is 7.81. The van der Waals surface area contributed by atoms with Gasteiger partial charge in [0.25, 0.3) is 11.8 Å². The molecule has 0 atom stereocenters. The molecule has 7 heteroatoms. The molecule has 172 valence electrons. The number of amides is 2. The fraction of sp³-hybridized carbons (Fsp3) is 0.148. The van der Waals surface area contributed by atoms with Crippen LogP contribution in [0.3, 0.4) is 0 Å². The molecule has 3 aromatic carbocycles. The van der Waals surface area contributed by atoms with E-state index in [0.717, 1.165) is 22.3 Å². The molecule has 3 aromatic rings. The Labute approximate surface area is 214 Å². The van der Waals surface area contributed by atoms with Gasteiger partial charge in [0.05, 0.1) is 21.4 Å². The van der Waals surface area contributed by atoms with Crippen molar-refractivity contribution in [3.63, 3.8) is 0 Å². The molecule has 4 nitrogen and oxygen atoms in total. The molecule has 0 aromatic heterocycles. The van der Waals surface area contributed by atoms with Gasteiger partial charge in [-0.1, -0.05) is 47.5 Å². The van der Waals surface area contributed by atoms with E-state index in [1.807, 2.05) is 64.1 Å². The lowest BCUT2D eigenvalue weighted by atomic mass is 10.0. The average Bonchev–Trinajstić information content (AvgIpc) is 2.79. The van der Waals surface area contributed by atoms with Gasteiger partial charge in [0.1, 0.15) is 5.57 Å². The minimum absolute atomic E-state index is 0.0609. The summed E-state index contributed by atoms with van der Waals surface area (Å²) in [5.74, 6) is -1.04. The average molecular weight is 509 g/mol. The molecule has 0 aliphatic carbocycles. The Bertz CT molecular complexity index is 1320. The Hall–Kier alpha value is -2.99. The molecule has 34 heavy (non-hydrogen) atoms. The zero-order valence-corrected chi connectivity index (χ0v) is 21.5. The van der Waals surface area contributed by atoms with Crippen LogP contribution in [0.4, 0.5) is 11.4 Å². The molecule has 0 bridgehead atoms. The normalized spacial score (nSPS) is 14.2. The standard InChI is InChI=1S/C27H22Cl2N2O2S/c1-15-8-10-20(12-17(15)3)30-25(32)22(14-19-6-5-7-23(28)24(19)29)26(33)31(27(30)34)21-11-9-16(2)18(4)13-21/h5-14H,1-4H3. The number of nitrogens with zero attached hydrogens (tertiary/aromatic N) is 2. The van der Waals surface area contributed by atoms with Crippen LogP contribution >= 0.6 is 35.4 Å². The molecule has 1 saturated heterocycles. The molecular weight excluding hydrogens is 487 g/mol. The summed E-state index contributed by atoms with van der Waals surface area (Å²) in [7, 11) is 0. The lowest BCUT2D eigenvalue weighted by Gasteiger charge is -2.37. The molecular formula is C27H22Cl2N2O2S. The van der Waals surface area contributed by atoms with E-state index in [0.29, 0.717) is 22.0 Å². The van der Waals surface area contributed by atoms with Crippen molar-refractivity contribution in [2.24, 2.45) is 0 Å². The van der Waals surface area contributed by atoms with Gasteiger partial charge in [0.15, 0.2) is 5.11 Å². The molecule has 1 fully saturated rings. The second-order valence-electron chi connectivity index (χ2n) is 8.30. The van der Waals surface area contributed by atoms with Crippen LogP contribution < -0.4 is 9.80 Å². The summed E-state index contributed by atoms with van der Waals surface area (Å²) < 4.78 is 0. The Morgan fingerprint density at radius 1 is 0.735 bits per heavy atom. The van der Waals surface area contributed by atoms with E-state index in [-0.39, 0.29) is 15.7 Å². The van der Waals surface area contributed by atoms with E-state index in [1.165, 1.54) is 15.9 Å². The highest BCUT2D eigenvalue weighted by Gasteiger charge is 2.41. The van der Waals surface area contributed by atoms with Crippen molar-refractivity contribution in [1.29, 1.82) is 0 Å². The van der Waals surface area contributed by atoms with Crippen molar-refractivity contribution in [3.8, 4) is 0 Å². The van der Waals surface area contributed by atoms with Gasteiger partial charge in [-0.3, -0.25) is 19.4 Å². The first-order chi connectivity index (χ1) is 16.1. The number of benzene rings is 3. The molecule has 0 unspecified atom stereocenters. The number of rotatable bonds is 3. The maximum absolute atomic E-state index is 13.7. The van der Waals surface area contributed by atoms with E-state index in [9.17, 15) is 9.59 Å². The predicted molar refractivity (Wildman–Crippen MR) is 144 cm³/mol. The van der Waals surface area contributed by atoms with Crippen LogP contribution in [-0.2, 0) is 9.59 Å². The predicted octanol–water partition coefficient (Wildman–Crippen LogP) is 6.98. The highest BCUT2D eigenvalue weighted by Crippen LogP contribution is 2.33. The van der Waals surface area contributed by atoms with Crippen molar-refractivity contribution in [2.45, 2.75) is 27.7 Å². The number of carbonyl (C=O) groups excluding carboxylic acids is 2. The molecule has 0 spiro atoms. The number of halogens is 2. The van der Waals surface area contributed by atoms with Gasteiger partial charge in [0.2, 0.25) is 0 Å². The molecule has 2 amide bonds. The lowest BCUT2D eigenvalue weighted by Crippen LogP contribution is -2.57. The van der Waals surface area contributed by atoms with Crippen LogP contribution in [0.2, 0.25) is 10.0 Å². The Balaban J connectivity index is 1.93. The molecule has 4 rings (SSSR count). The number of hydrogen-bond donors (Lipinski definition) is 0. The van der Waals surface area contributed by atoms with Crippen molar-refractivity contribution in [1.82, 2.24) is 0 Å². The first kappa shape index (κ1) is 24.1. The van der Waals surface area contributed by atoms with Gasteiger partial charge >= 0.3 is 0 Å². The minimum Gasteiger partial charge on any atom is -0.268 e. The van der Waals surface area contributed by atoms with Crippen molar-refractivity contribution in [2.75, 3.05) is 9.80 Å². The number of carbonyl (C=O) groups is 2. The third-order valence-electron chi connectivity index (χ3n) is 6.03.